The molecule has 1 aliphatic heterocycles. The fraction of sp³-hybridized carbons (Fsp3) is 0.257. The molecule has 0 bridgehead atoms. The summed E-state index contributed by atoms with van der Waals surface area (Å²) in [4.78, 5) is 39.0. The second kappa shape index (κ2) is 17.2. The lowest BCUT2D eigenvalue weighted by atomic mass is 9.98. The van der Waals surface area contributed by atoms with Crippen molar-refractivity contribution in [2.75, 3.05) is 26.2 Å². The fourth-order valence-corrected chi connectivity index (χ4v) is 7.20. The third-order valence-corrected chi connectivity index (χ3v) is 10.6. The van der Waals surface area contributed by atoms with Crippen LogP contribution in [0.4, 0.5) is 0 Å². The first kappa shape index (κ1) is 38.6. The molecule has 1 atom stereocenters. The zero-order valence-corrected chi connectivity index (χ0v) is 29.5. The van der Waals surface area contributed by atoms with Crippen molar-refractivity contribution in [2.24, 2.45) is 11.7 Å². The smallest absolute Gasteiger partial charge is 0.294 e. The zero-order valence-electron chi connectivity index (χ0n) is 27.9. The van der Waals surface area contributed by atoms with Gasteiger partial charge in [0.1, 0.15) is 0 Å². The molecule has 16 heteroatoms. The van der Waals surface area contributed by atoms with Gasteiger partial charge in [0.25, 0.3) is 26.0 Å². The van der Waals surface area contributed by atoms with E-state index in [-0.39, 0.29) is 46.7 Å². The van der Waals surface area contributed by atoms with Crippen LogP contribution in [0.3, 0.4) is 0 Å². The molecule has 0 aliphatic carbocycles. The number of likely N-dealkylation sites (tertiary alicyclic amines) is 1. The van der Waals surface area contributed by atoms with Gasteiger partial charge < -0.3 is 16.0 Å². The molecule has 0 unspecified atom stereocenters. The van der Waals surface area contributed by atoms with E-state index in [2.05, 4.69) is 10.7 Å². The Hall–Kier alpha value is -5.16. The van der Waals surface area contributed by atoms with Crippen LogP contribution in [0, 0.1) is 18.3 Å². The van der Waals surface area contributed by atoms with Crippen molar-refractivity contribution in [3.05, 3.63) is 108 Å². The molecule has 0 radical (unpaired) electrons. The predicted molar refractivity (Wildman–Crippen MR) is 192 cm³/mol. The molecule has 51 heavy (non-hydrogen) atoms. The number of carbonyl (C=O) groups is 3. The Morgan fingerprint density at radius 3 is 2.18 bits per heavy atom. The van der Waals surface area contributed by atoms with Gasteiger partial charge in [0.05, 0.1) is 9.79 Å². The highest BCUT2D eigenvalue weighted by molar-refractivity contribution is 7.89. The number of sulfonamides is 1. The molecule has 6 N–H and O–H groups in total. The van der Waals surface area contributed by atoms with Crippen molar-refractivity contribution >= 4 is 54.5 Å². The van der Waals surface area contributed by atoms with Crippen molar-refractivity contribution in [1.29, 1.82) is 5.41 Å². The predicted octanol–water partition coefficient (Wildman–Crippen LogP) is 3.10. The van der Waals surface area contributed by atoms with Crippen LogP contribution in [0.2, 0.25) is 0 Å². The number of nitrogens with one attached hydrogen (secondary N) is 3. The van der Waals surface area contributed by atoms with Crippen molar-refractivity contribution < 1.29 is 35.8 Å². The SMILES string of the molecule is Cc1ccc(S(=O)(=O)O)cc1.N=C(N)N1CCC[C@H](CN(NC(=O)CCNC(=O)C(=O)c2ccccc2)S(=O)(=O)c2ccc3ccccc3c2)C1. The van der Waals surface area contributed by atoms with Crippen molar-refractivity contribution in [3.63, 3.8) is 0 Å². The number of amides is 2. The fourth-order valence-electron chi connectivity index (χ4n) is 5.32. The van der Waals surface area contributed by atoms with Gasteiger partial charge in [-0.1, -0.05) is 78.4 Å². The van der Waals surface area contributed by atoms with Crippen LogP contribution < -0.4 is 16.5 Å². The third-order valence-electron chi connectivity index (χ3n) is 8.04. The molecule has 4 aromatic carbocycles. The van der Waals surface area contributed by atoms with E-state index < -0.39 is 37.7 Å². The molecule has 5 rings (SSSR count). The normalized spacial score (nSPS) is 14.6. The number of nitrogens with zero attached hydrogens (tertiary/aromatic N) is 2. The summed E-state index contributed by atoms with van der Waals surface area (Å²) in [5.41, 5.74) is 9.34. The number of aryl methyl sites for hydroxylation is 1. The Morgan fingerprint density at radius 2 is 1.53 bits per heavy atom. The van der Waals surface area contributed by atoms with E-state index >= 15 is 0 Å². The Balaban J connectivity index is 0.000000452. The van der Waals surface area contributed by atoms with Crippen LogP contribution in [-0.2, 0) is 29.7 Å². The number of nitrogens with two attached hydrogens (primary N) is 1. The Labute approximate surface area is 296 Å². The number of guanidine groups is 1. The number of Topliss-reactive ketones (excluding diaryl/α,β-unsaturated/α-hetero) is 1. The number of benzene rings is 4. The Morgan fingerprint density at radius 1 is 0.902 bits per heavy atom. The van der Waals surface area contributed by atoms with Gasteiger partial charge in [-0.3, -0.25) is 29.8 Å². The first-order chi connectivity index (χ1) is 24.1. The van der Waals surface area contributed by atoms with Crippen LogP contribution in [0.1, 0.15) is 35.2 Å². The van der Waals surface area contributed by atoms with Crippen LogP contribution in [0.5, 0.6) is 0 Å². The quantitative estimate of drug-likeness (QED) is 0.0378. The second-order valence-corrected chi connectivity index (χ2v) is 15.2. The van der Waals surface area contributed by atoms with Gasteiger partial charge in [-0.05, 0) is 60.7 Å². The maximum atomic E-state index is 13.7. The maximum absolute atomic E-state index is 13.7. The summed E-state index contributed by atoms with van der Waals surface area (Å²) in [5, 5.41) is 11.8. The lowest BCUT2D eigenvalue weighted by molar-refractivity contribution is -0.124. The molecule has 1 aliphatic rings. The van der Waals surface area contributed by atoms with Crippen molar-refractivity contribution in [3.8, 4) is 0 Å². The summed E-state index contributed by atoms with van der Waals surface area (Å²) >= 11 is 0. The molecular weight excluding hydrogens is 697 g/mol. The summed E-state index contributed by atoms with van der Waals surface area (Å²) in [6.45, 7) is 2.65. The molecule has 0 spiro atoms. The topological polar surface area (TPSA) is 220 Å². The minimum Gasteiger partial charge on any atom is -0.370 e. The minimum atomic E-state index is -4.16. The van der Waals surface area contributed by atoms with Gasteiger partial charge in [0.2, 0.25) is 11.7 Å². The van der Waals surface area contributed by atoms with Gasteiger partial charge in [-0.2, -0.15) is 8.42 Å². The number of hydrogen-bond acceptors (Lipinski definition) is 8. The van der Waals surface area contributed by atoms with E-state index in [1.165, 1.54) is 30.3 Å². The number of ketones is 1. The standard InChI is InChI=1S/C28H32N6O5S.C7H8O3S/c29-28(30)33-16-6-7-20(18-33)19-34(40(38,39)24-13-12-21-8-4-5-11-23(21)17-24)32-25(35)14-15-31-27(37)26(36)22-9-2-1-3-10-22;1-6-2-4-7(5-3-6)11(8,9)10/h1-5,8-13,17,20H,6-7,14-16,18-19H2,(H3,29,30)(H,31,37)(H,32,35);2-5H,1H3,(H,8,9,10)/t20-;/m0./s1. The molecule has 1 saturated heterocycles. The molecule has 1 heterocycles. The summed E-state index contributed by atoms with van der Waals surface area (Å²) in [5.74, 6) is -2.49. The average Bonchev–Trinajstić information content (AvgIpc) is 3.11. The summed E-state index contributed by atoms with van der Waals surface area (Å²) < 4.78 is 58.0. The summed E-state index contributed by atoms with van der Waals surface area (Å²) in [6, 6.07) is 26.1. The molecule has 1 fully saturated rings. The van der Waals surface area contributed by atoms with Crippen molar-refractivity contribution in [2.45, 2.75) is 36.0 Å². The molecular formula is C35H40N6O8S2. The van der Waals surface area contributed by atoms with Gasteiger partial charge in [0.15, 0.2) is 5.96 Å². The average molecular weight is 737 g/mol. The first-order valence-corrected chi connectivity index (χ1v) is 18.8. The summed E-state index contributed by atoms with van der Waals surface area (Å²) in [6.07, 6.45) is 1.17. The third kappa shape index (κ3) is 10.9. The van der Waals surface area contributed by atoms with Crippen LogP contribution in [0.15, 0.2) is 107 Å². The number of hydrazine groups is 1. The van der Waals surface area contributed by atoms with Gasteiger partial charge in [0, 0.05) is 38.2 Å². The van der Waals surface area contributed by atoms with Crippen molar-refractivity contribution in [1.82, 2.24) is 20.1 Å². The number of piperidine rings is 1. The van der Waals surface area contributed by atoms with E-state index in [0.29, 0.717) is 19.5 Å². The van der Waals surface area contributed by atoms with Crippen LogP contribution in [-0.4, -0.2) is 80.4 Å². The Kier molecular flexibility index (Phi) is 13.0. The highest BCUT2D eigenvalue weighted by Gasteiger charge is 2.31. The number of fused-ring (bicyclic) bond motifs is 1. The van der Waals surface area contributed by atoms with E-state index in [4.69, 9.17) is 15.7 Å². The largest absolute Gasteiger partial charge is 0.370 e. The number of hydrogen-bond donors (Lipinski definition) is 5. The number of rotatable bonds is 11. The van der Waals surface area contributed by atoms with Gasteiger partial charge in [-0.25, -0.2) is 8.42 Å². The molecule has 4 aromatic rings. The molecule has 0 saturated carbocycles. The molecule has 0 aromatic heterocycles. The highest BCUT2D eigenvalue weighted by atomic mass is 32.2. The minimum absolute atomic E-state index is 0.0208. The van der Waals surface area contributed by atoms with Crippen LogP contribution >= 0.6 is 0 Å². The summed E-state index contributed by atoms with van der Waals surface area (Å²) in [7, 11) is -8.18. The Bertz CT molecular complexity index is 2090. The molecule has 2 amide bonds. The van der Waals surface area contributed by atoms with Crippen LogP contribution in [0.25, 0.3) is 10.8 Å². The van der Waals surface area contributed by atoms with E-state index in [1.54, 1.807) is 47.4 Å². The molecule has 14 nitrogen and oxygen atoms in total. The maximum Gasteiger partial charge on any atom is 0.294 e. The van der Waals surface area contributed by atoms with E-state index in [9.17, 15) is 31.2 Å². The van der Waals surface area contributed by atoms with Gasteiger partial charge in [-0.15, -0.1) is 4.41 Å². The lowest BCUT2D eigenvalue weighted by Gasteiger charge is -2.35. The lowest BCUT2D eigenvalue weighted by Crippen LogP contribution is -2.52. The zero-order chi connectivity index (χ0) is 37.2. The van der Waals surface area contributed by atoms with E-state index in [0.717, 1.165) is 27.2 Å². The monoisotopic (exact) mass is 736 g/mol. The molecule has 270 valence electrons. The number of carbonyl (C=O) groups excluding carboxylic acids is 3. The first-order valence-electron chi connectivity index (χ1n) is 16.0. The van der Waals surface area contributed by atoms with E-state index in [1.807, 2.05) is 31.2 Å². The van der Waals surface area contributed by atoms with Gasteiger partial charge >= 0.3 is 0 Å². The highest BCUT2D eigenvalue weighted by Crippen LogP contribution is 2.24. The second-order valence-electron chi connectivity index (χ2n) is 11.9.